The van der Waals surface area contributed by atoms with Crippen LogP contribution in [0.2, 0.25) is 0 Å². The van der Waals surface area contributed by atoms with Crippen molar-refractivity contribution in [3.8, 4) is 22.9 Å². The molecule has 0 saturated carbocycles. The van der Waals surface area contributed by atoms with Gasteiger partial charge >= 0.3 is 0 Å². The van der Waals surface area contributed by atoms with Crippen LogP contribution in [0.3, 0.4) is 0 Å². The molecule has 5 nitrogen and oxygen atoms in total. The molecule has 0 aliphatic rings. The second-order valence-electron chi connectivity index (χ2n) is 12.6. The second-order valence-corrected chi connectivity index (χ2v) is 12.6. The predicted molar refractivity (Wildman–Crippen MR) is 201 cm³/mol. The van der Waals surface area contributed by atoms with Crippen molar-refractivity contribution < 1.29 is 4.42 Å². The number of hydrogen-bond donors (Lipinski definition) is 0. The topological polar surface area (TPSA) is 48.8 Å². The number of fused-ring (bicyclic) bond motifs is 10. The third-order valence-electron chi connectivity index (χ3n) is 9.91. The van der Waals surface area contributed by atoms with Crippen molar-refractivity contribution in [2.45, 2.75) is 0 Å². The second kappa shape index (κ2) is 9.89. The quantitative estimate of drug-likeness (QED) is 0.196. The lowest BCUT2D eigenvalue weighted by Crippen LogP contribution is -2.03. The minimum atomic E-state index is 0.620. The van der Waals surface area contributed by atoms with Gasteiger partial charge in [0.2, 0.25) is 5.95 Å². The molecule has 11 rings (SSSR count). The molecule has 0 aliphatic heterocycles. The fourth-order valence-electron chi connectivity index (χ4n) is 7.75. The standard InChI is InChI=1S/C44H26N4O/c1-3-13-27(14-4-1)43-31-19-7-10-20-36(31)45-44(46-43)48-39-25-38-32(29-17-8-11-21-37(29)47(38)28-15-5-2-6-16-28)23-33(39)34-24-35-30-18-9-12-22-41(30)49-42(35)26-40(34)48/h1-26H. The Morgan fingerprint density at radius 2 is 1.00 bits per heavy atom. The van der Waals surface area contributed by atoms with Crippen molar-refractivity contribution in [3.05, 3.63) is 158 Å². The summed E-state index contributed by atoms with van der Waals surface area (Å²) in [5, 5.41) is 7.91. The number of nitrogens with zero attached hydrogens (tertiary/aromatic N) is 4. The number of aromatic nitrogens is 4. The molecule has 0 aliphatic carbocycles. The van der Waals surface area contributed by atoms with E-state index >= 15 is 0 Å². The van der Waals surface area contributed by atoms with Crippen molar-refractivity contribution in [1.82, 2.24) is 19.1 Å². The Morgan fingerprint density at radius 1 is 0.388 bits per heavy atom. The van der Waals surface area contributed by atoms with Crippen LogP contribution in [-0.2, 0) is 0 Å². The van der Waals surface area contributed by atoms with E-state index in [4.69, 9.17) is 14.4 Å². The van der Waals surface area contributed by atoms with Gasteiger partial charge in [-0.2, -0.15) is 0 Å². The zero-order chi connectivity index (χ0) is 32.1. The monoisotopic (exact) mass is 626 g/mol. The highest BCUT2D eigenvalue weighted by Crippen LogP contribution is 2.42. The summed E-state index contributed by atoms with van der Waals surface area (Å²) in [7, 11) is 0. The molecule has 49 heavy (non-hydrogen) atoms. The first kappa shape index (κ1) is 26.4. The first-order valence-electron chi connectivity index (χ1n) is 16.5. The van der Waals surface area contributed by atoms with Crippen molar-refractivity contribution in [3.63, 3.8) is 0 Å². The van der Waals surface area contributed by atoms with Gasteiger partial charge < -0.3 is 8.98 Å². The van der Waals surface area contributed by atoms with Crippen molar-refractivity contribution in [2.24, 2.45) is 0 Å². The van der Waals surface area contributed by atoms with Crippen LogP contribution in [-0.4, -0.2) is 19.1 Å². The zero-order valence-corrected chi connectivity index (χ0v) is 26.2. The highest BCUT2D eigenvalue weighted by atomic mass is 16.3. The third-order valence-corrected chi connectivity index (χ3v) is 9.91. The molecule has 0 amide bonds. The molecule has 0 unspecified atom stereocenters. The molecule has 0 saturated heterocycles. The number of para-hydroxylation sites is 4. The van der Waals surface area contributed by atoms with Gasteiger partial charge in [0.15, 0.2) is 0 Å². The number of rotatable bonds is 3. The molecule has 5 heteroatoms. The molecular formula is C44H26N4O. The van der Waals surface area contributed by atoms with Crippen LogP contribution in [0.15, 0.2) is 162 Å². The van der Waals surface area contributed by atoms with E-state index < -0.39 is 0 Å². The molecule has 0 spiro atoms. The lowest BCUT2D eigenvalue weighted by molar-refractivity contribution is 0.669. The first-order chi connectivity index (χ1) is 24.3. The predicted octanol–water partition coefficient (Wildman–Crippen LogP) is 11.4. The summed E-state index contributed by atoms with van der Waals surface area (Å²) in [5.74, 6) is 0.620. The lowest BCUT2D eigenvalue weighted by Gasteiger charge is -2.12. The fraction of sp³-hybridized carbons (Fsp3) is 0. The highest BCUT2D eigenvalue weighted by Gasteiger charge is 2.22. The van der Waals surface area contributed by atoms with Gasteiger partial charge in [-0.25, -0.2) is 9.97 Å². The summed E-state index contributed by atoms with van der Waals surface area (Å²) in [5.41, 5.74) is 10.0. The van der Waals surface area contributed by atoms with Crippen LogP contribution in [0.5, 0.6) is 0 Å². The van der Waals surface area contributed by atoms with Gasteiger partial charge in [0, 0.05) is 55.0 Å². The Hall–Kier alpha value is -6.72. The zero-order valence-electron chi connectivity index (χ0n) is 26.2. The maximum absolute atomic E-state index is 6.45. The molecule has 0 N–H and O–H groups in total. The lowest BCUT2D eigenvalue weighted by atomic mass is 10.1. The van der Waals surface area contributed by atoms with Crippen molar-refractivity contribution >= 4 is 76.5 Å². The van der Waals surface area contributed by atoms with Crippen LogP contribution in [0.25, 0.3) is 99.3 Å². The summed E-state index contributed by atoms with van der Waals surface area (Å²) < 4.78 is 11.0. The normalized spacial score (nSPS) is 12.1. The first-order valence-corrected chi connectivity index (χ1v) is 16.5. The molecular weight excluding hydrogens is 601 g/mol. The average molecular weight is 627 g/mol. The van der Waals surface area contributed by atoms with Crippen LogP contribution in [0, 0.1) is 0 Å². The molecule has 11 aromatic rings. The van der Waals surface area contributed by atoms with Gasteiger partial charge in [-0.15, -0.1) is 0 Å². The van der Waals surface area contributed by atoms with Gasteiger partial charge in [0.05, 0.1) is 33.3 Å². The SMILES string of the molecule is c1ccc(-c2nc(-n3c4cc5oc6ccccc6c5cc4c4cc5c6ccccc6n(-c6ccccc6)c5cc43)nc3ccccc23)cc1. The summed E-state index contributed by atoms with van der Waals surface area (Å²) in [4.78, 5) is 10.6. The van der Waals surface area contributed by atoms with Gasteiger partial charge in [-0.05, 0) is 48.5 Å². The van der Waals surface area contributed by atoms with Gasteiger partial charge in [-0.1, -0.05) is 103 Å². The largest absolute Gasteiger partial charge is 0.456 e. The van der Waals surface area contributed by atoms with E-state index in [1.165, 1.54) is 16.3 Å². The van der Waals surface area contributed by atoms with E-state index in [1.807, 2.05) is 24.3 Å². The Balaban J connectivity index is 1.33. The van der Waals surface area contributed by atoms with Crippen LogP contribution in [0.4, 0.5) is 0 Å². The van der Waals surface area contributed by atoms with Crippen LogP contribution < -0.4 is 0 Å². The van der Waals surface area contributed by atoms with E-state index in [0.717, 1.165) is 77.1 Å². The third kappa shape index (κ3) is 3.75. The van der Waals surface area contributed by atoms with Crippen LogP contribution >= 0.6 is 0 Å². The Labute approximate surface area is 279 Å². The summed E-state index contributed by atoms with van der Waals surface area (Å²) in [6.07, 6.45) is 0. The van der Waals surface area contributed by atoms with Crippen molar-refractivity contribution in [1.29, 1.82) is 0 Å². The van der Waals surface area contributed by atoms with Crippen molar-refractivity contribution in [2.75, 3.05) is 0 Å². The Kier molecular flexibility index (Phi) is 5.32. The Morgan fingerprint density at radius 3 is 1.84 bits per heavy atom. The molecule has 228 valence electrons. The molecule has 7 aromatic carbocycles. The maximum atomic E-state index is 6.45. The number of hydrogen-bond acceptors (Lipinski definition) is 3. The van der Waals surface area contributed by atoms with E-state index in [2.05, 4.69) is 143 Å². The molecule has 0 fully saturated rings. The molecule has 4 aromatic heterocycles. The fourth-order valence-corrected chi connectivity index (χ4v) is 7.75. The smallest absolute Gasteiger partial charge is 0.235 e. The summed E-state index contributed by atoms with van der Waals surface area (Å²) in [6.45, 7) is 0. The summed E-state index contributed by atoms with van der Waals surface area (Å²) >= 11 is 0. The highest BCUT2D eigenvalue weighted by molar-refractivity contribution is 6.22. The van der Waals surface area contributed by atoms with Gasteiger partial charge in [0.1, 0.15) is 11.2 Å². The number of furan rings is 1. The Bertz CT molecular complexity index is 3100. The maximum Gasteiger partial charge on any atom is 0.235 e. The average Bonchev–Trinajstić information content (AvgIpc) is 3.80. The van der Waals surface area contributed by atoms with Crippen LogP contribution in [0.1, 0.15) is 0 Å². The summed E-state index contributed by atoms with van der Waals surface area (Å²) in [6, 6.07) is 55.3. The minimum Gasteiger partial charge on any atom is -0.456 e. The van der Waals surface area contributed by atoms with Gasteiger partial charge in [-0.3, -0.25) is 4.57 Å². The molecule has 4 heterocycles. The number of benzene rings is 7. The van der Waals surface area contributed by atoms with E-state index in [9.17, 15) is 0 Å². The van der Waals surface area contributed by atoms with Gasteiger partial charge in [0.25, 0.3) is 0 Å². The molecule has 0 radical (unpaired) electrons. The van der Waals surface area contributed by atoms with E-state index in [-0.39, 0.29) is 0 Å². The molecule has 0 atom stereocenters. The van der Waals surface area contributed by atoms with E-state index in [1.54, 1.807) is 0 Å². The molecule has 0 bridgehead atoms. The minimum absolute atomic E-state index is 0.620. The van der Waals surface area contributed by atoms with E-state index in [0.29, 0.717) is 5.95 Å².